The second-order valence-corrected chi connectivity index (χ2v) is 6.63. The van der Waals surface area contributed by atoms with Crippen LogP contribution in [0.3, 0.4) is 0 Å². The van der Waals surface area contributed by atoms with E-state index in [1.54, 1.807) is 17.0 Å². The Labute approximate surface area is 156 Å². The number of fused-ring (bicyclic) bond motifs is 3. The lowest BCUT2D eigenvalue weighted by Crippen LogP contribution is -2.42. The molecule has 0 radical (unpaired) electrons. The minimum absolute atomic E-state index is 0.128. The first-order valence-electron chi connectivity index (χ1n) is 8.75. The maximum absolute atomic E-state index is 13.4. The van der Waals surface area contributed by atoms with Crippen molar-refractivity contribution in [3.05, 3.63) is 101 Å². The number of carbonyl (C=O) groups excluding carboxylic acids is 1. The normalized spacial score (nSPS) is 23.0. The fraction of sp³-hybridized carbons (Fsp3) is 0.136. The molecule has 130 valence electrons. The summed E-state index contributed by atoms with van der Waals surface area (Å²) >= 11 is 0. The van der Waals surface area contributed by atoms with Gasteiger partial charge in [-0.05, 0) is 17.7 Å². The number of ether oxygens (including phenoxy) is 1. The van der Waals surface area contributed by atoms with Gasteiger partial charge in [0.1, 0.15) is 17.5 Å². The Bertz CT molecular complexity index is 1080. The second-order valence-electron chi connectivity index (χ2n) is 6.63. The van der Waals surface area contributed by atoms with Crippen LogP contribution in [-0.2, 0) is 10.5 Å². The van der Waals surface area contributed by atoms with Crippen molar-refractivity contribution >= 4 is 5.91 Å². The van der Waals surface area contributed by atoms with Gasteiger partial charge in [0.2, 0.25) is 5.72 Å². The molecular formula is C22H15N3O2. The van der Waals surface area contributed by atoms with Gasteiger partial charge in [-0.3, -0.25) is 9.69 Å². The SMILES string of the molecule is N#Cc1ccc2c(n1)[C@]1(c3ccccc3)OC[C@@H](c3ccccc3)N1C2=O. The molecule has 0 unspecified atom stereocenters. The molecule has 5 nitrogen and oxygen atoms in total. The molecule has 3 aromatic rings. The quantitative estimate of drug-likeness (QED) is 0.708. The molecule has 2 atom stereocenters. The molecule has 5 heteroatoms. The monoisotopic (exact) mass is 353 g/mol. The Morgan fingerprint density at radius 1 is 1.04 bits per heavy atom. The number of nitrogens with zero attached hydrogens (tertiary/aromatic N) is 3. The Kier molecular flexibility index (Phi) is 3.36. The number of aromatic nitrogens is 1. The van der Waals surface area contributed by atoms with Crippen LogP contribution in [0.25, 0.3) is 0 Å². The molecule has 2 aromatic carbocycles. The lowest BCUT2D eigenvalue weighted by atomic mass is 9.97. The van der Waals surface area contributed by atoms with Gasteiger partial charge in [-0.1, -0.05) is 60.7 Å². The van der Waals surface area contributed by atoms with E-state index in [-0.39, 0.29) is 17.6 Å². The van der Waals surface area contributed by atoms with E-state index in [0.29, 0.717) is 17.9 Å². The number of amides is 1. The van der Waals surface area contributed by atoms with E-state index in [0.717, 1.165) is 11.1 Å². The Balaban J connectivity index is 1.76. The van der Waals surface area contributed by atoms with Gasteiger partial charge in [0.15, 0.2) is 0 Å². The van der Waals surface area contributed by atoms with Gasteiger partial charge in [0.25, 0.3) is 5.91 Å². The molecular weight excluding hydrogens is 338 g/mol. The zero-order valence-electron chi connectivity index (χ0n) is 14.4. The molecule has 1 saturated heterocycles. The lowest BCUT2D eigenvalue weighted by molar-refractivity contribution is -0.0352. The van der Waals surface area contributed by atoms with Crippen molar-refractivity contribution in [2.24, 2.45) is 0 Å². The average molecular weight is 353 g/mol. The first kappa shape index (κ1) is 15.7. The van der Waals surface area contributed by atoms with Gasteiger partial charge >= 0.3 is 0 Å². The first-order valence-corrected chi connectivity index (χ1v) is 8.75. The third-order valence-electron chi connectivity index (χ3n) is 5.23. The Morgan fingerprint density at radius 3 is 2.44 bits per heavy atom. The Hall–Kier alpha value is -3.49. The maximum atomic E-state index is 13.4. The van der Waals surface area contributed by atoms with E-state index >= 15 is 0 Å². The summed E-state index contributed by atoms with van der Waals surface area (Å²) in [6, 6.07) is 24.6. The van der Waals surface area contributed by atoms with Crippen LogP contribution in [0.4, 0.5) is 0 Å². The van der Waals surface area contributed by atoms with Gasteiger partial charge in [-0.25, -0.2) is 4.98 Å². The van der Waals surface area contributed by atoms with E-state index in [1.807, 2.05) is 60.7 Å². The zero-order chi connectivity index (χ0) is 18.4. The summed E-state index contributed by atoms with van der Waals surface area (Å²) in [5.41, 5.74) is 1.98. The van der Waals surface area contributed by atoms with Crippen molar-refractivity contribution in [2.75, 3.05) is 6.61 Å². The number of benzene rings is 2. The predicted molar refractivity (Wildman–Crippen MR) is 97.5 cm³/mol. The summed E-state index contributed by atoms with van der Waals surface area (Å²) in [6.45, 7) is 0.364. The van der Waals surface area contributed by atoms with Crippen LogP contribution in [0.2, 0.25) is 0 Å². The largest absolute Gasteiger partial charge is 0.343 e. The molecule has 0 aliphatic carbocycles. The van der Waals surface area contributed by atoms with E-state index < -0.39 is 5.72 Å². The number of hydrogen-bond acceptors (Lipinski definition) is 4. The third-order valence-corrected chi connectivity index (χ3v) is 5.23. The summed E-state index contributed by atoms with van der Waals surface area (Å²) in [6.07, 6.45) is 0. The molecule has 0 bridgehead atoms. The van der Waals surface area contributed by atoms with Crippen LogP contribution in [0.15, 0.2) is 72.8 Å². The maximum Gasteiger partial charge on any atom is 0.259 e. The van der Waals surface area contributed by atoms with Gasteiger partial charge in [-0.15, -0.1) is 0 Å². The molecule has 1 aromatic heterocycles. The van der Waals surface area contributed by atoms with Crippen LogP contribution in [0, 0.1) is 11.3 Å². The van der Waals surface area contributed by atoms with Crippen molar-refractivity contribution in [3.8, 4) is 6.07 Å². The fourth-order valence-corrected chi connectivity index (χ4v) is 4.06. The highest BCUT2D eigenvalue weighted by Crippen LogP contribution is 2.52. The second kappa shape index (κ2) is 5.76. The topological polar surface area (TPSA) is 66.2 Å². The molecule has 27 heavy (non-hydrogen) atoms. The van der Waals surface area contributed by atoms with E-state index in [9.17, 15) is 10.1 Å². The van der Waals surface area contributed by atoms with Crippen molar-refractivity contribution in [3.63, 3.8) is 0 Å². The zero-order valence-corrected chi connectivity index (χ0v) is 14.4. The Morgan fingerprint density at radius 2 is 1.74 bits per heavy atom. The van der Waals surface area contributed by atoms with Crippen LogP contribution < -0.4 is 0 Å². The number of nitriles is 1. The summed E-state index contributed by atoms with van der Waals surface area (Å²) < 4.78 is 6.35. The smallest absolute Gasteiger partial charge is 0.259 e. The van der Waals surface area contributed by atoms with Crippen LogP contribution in [-0.4, -0.2) is 22.4 Å². The lowest BCUT2D eigenvalue weighted by Gasteiger charge is -2.33. The fourth-order valence-electron chi connectivity index (χ4n) is 4.06. The minimum atomic E-state index is -1.11. The minimum Gasteiger partial charge on any atom is -0.343 e. The van der Waals surface area contributed by atoms with Crippen molar-refractivity contribution in [1.82, 2.24) is 9.88 Å². The van der Waals surface area contributed by atoms with Crippen LogP contribution >= 0.6 is 0 Å². The molecule has 5 rings (SSSR count). The summed E-state index contributed by atoms with van der Waals surface area (Å²) in [5, 5.41) is 9.31. The van der Waals surface area contributed by atoms with Crippen LogP contribution in [0.5, 0.6) is 0 Å². The molecule has 2 aliphatic heterocycles. The number of pyridine rings is 1. The third kappa shape index (κ3) is 2.08. The molecule has 1 amide bonds. The van der Waals surface area contributed by atoms with E-state index in [2.05, 4.69) is 11.1 Å². The van der Waals surface area contributed by atoms with Crippen LogP contribution in [0.1, 0.15) is 38.9 Å². The average Bonchev–Trinajstić information content (AvgIpc) is 3.25. The molecule has 3 heterocycles. The summed E-state index contributed by atoms with van der Waals surface area (Å²) in [4.78, 5) is 19.6. The summed E-state index contributed by atoms with van der Waals surface area (Å²) in [5.74, 6) is -0.128. The highest BCUT2D eigenvalue weighted by atomic mass is 16.5. The predicted octanol–water partition coefficient (Wildman–Crippen LogP) is 3.38. The molecule has 0 spiro atoms. The number of carbonyl (C=O) groups is 1. The molecule has 0 N–H and O–H groups in total. The summed E-state index contributed by atoms with van der Waals surface area (Å²) in [7, 11) is 0. The first-order chi connectivity index (χ1) is 13.3. The van der Waals surface area contributed by atoms with Gasteiger partial charge in [0.05, 0.1) is 18.2 Å². The van der Waals surface area contributed by atoms with E-state index in [4.69, 9.17) is 4.74 Å². The van der Waals surface area contributed by atoms with Gasteiger partial charge in [0, 0.05) is 5.56 Å². The van der Waals surface area contributed by atoms with Crippen molar-refractivity contribution in [1.29, 1.82) is 5.26 Å². The number of rotatable bonds is 2. The van der Waals surface area contributed by atoms with Gasteiger partial charge < -0.3 is 4.74 Å². The highest BCUT2D eigenvalue weighted by Gasteiger charge is 2.60. The highest BCUT2D eigenvalue weighted by molar-refractivity contribution is 6.00. The molecule has 2 aliphatic rings. The van der Waals surface area contributed by atoms with Crippen molar-refractivity contribution < 1.29 is 9.53 Å². The van der Waals surface area contributed by atoms with E-state index in [1.165, 1.54) is 0 Å². The molecule has 0 saturated carbocycles. The standard InChI is InChI=1S/C22H15N3O2/c23-13-17-11-12-18-20(24-17)22(16-9-5-2-6-10-16)25(21(18)26)19(14-27-22)15-7-3-1-4-8-15/h1-12,19H,14H2/t19-,22-/m0/s1. The number of hydrogen-bond donors (Lipinski definition) is 0. The van der Waals surface area contributed by atoms with Gasteiger partial charge in [-0.2, -0.15) is 5.26 Å². The van der Waals surface area contributed by atoms with Crippen molar-refractivity contribution in [2.45, 2.75) is 11.8 Å². The molecule has 1 fully saturated rings.